The van der Waals surface area contributed by atoms with E-state index in [9.17, 15) is 23.1 Å². The number of aromatic nitrogens is 1. The van der Waals surface area contributed by atoms with Gasteiger partial charge in [-0.05, 0) is 37.5 Å². The number of carbonyl (C=O) groups excluding carboxylic acids is 1. The van der Waals surface area contributed by atoms with Crippen LogP contribution in [-0.2, 0) is 11.0 Å². The van der Waals surface area contributed by atoms with Crippen LogP contribution < -0.4 is 4.90 Å². The van der Waals surface area contributed by atoms with Crippen LogP contribution in [0.2, 0.25) is 0 Å². The third-order valence-electron chi connectivity index (χ3n) is 5.82. The van der Waals surface area contributed by atoms with E-state index in [2.05, 4.69) is 9.98 Å². The Labute approximate surface area is 161 Å². The number of hydrogen-bond donors (Lipinski definition) is 1. The number of aliphatic imine (C=N–C) groups is 1. The quantitative estimate of drug-likeness (QED) is 0.838. The van der Waals surface area contributed by atoms with E-state index in [1.807, 2.05) is 4.90 Å². The Hall–Kier alpha value is -2.22. The van der Waals surface area contributed by atoms with E-state index in [0.29, 0.717) is 31.9 Å². The van der Waals surface area contributed by atoms with Crippen molar-refractivity contribution in [2.24, 2.45) is 10.9 Å². The van der Waals surface area contributed by atoms with E-state index in [1.54, 1.807) is 6.92 Å². The van der Waals surface area contributed by atoms with Crippen LogP contribution in [0.3, 0.4) is 0 Å². The fourth-order valence-electron chi connectivity index (χ4n) is 4.55. The van der Waals surface area contributed by atoms with Crippen molar-refractivity contribution >= 4 is 17.3 Å². The van der Waals surface area contributed by atoms with Crippen molar-refractivity contribution in [1.29, 1.82) is 0 Å². The zero-order valence-electron chi connectivity index (χ0n) is 15.6. The summed E-state index contributed by atoms with van der Waals surface area (Å²) < 4.78 is 38.1. The lowest BCUT2D eigenvalue weighted by atomic mass is 9.74. The first-order chi connectivity index (χ1) is 13.1. The molecule has 0 spiro atoms. The lowest BCUT2D eigenvalue weighted by Crippen LogP contribution is -2.42. The predicted molar refractivity (Wildman–Crippen MR) is 98.4 cm³/mol. The molecule has 28 heavy (non-hydrogen) atoms. The molecule has 0 radical (unpaired) electrons. The molecule has 1 unspecified atom stereocenters. The summed E-state index contributed by atoms with van der Waals surface area (Å²) in [6, 6.07) is 2.47. The lowest BCUT2D eigenvalue weighted by molar-refractivity contribution is -0.137. The maximum atomic E-state index is 12.7. The van der Waals surface area contributed by atoms with E-state index in [4.69, 9.17) is 0 Å². The first-order valence-electron chi connectivity index (χ1n) is 9.44. The number of nitrogens with zero attached hydrogens (tertiary/aromatic N) is 3. The Kier molecular flexibility index (Phi) is 4.56. The second-order valence-corrected chi connectivity index (χ2v) is 8.01. The third kappa shape index (κ3) is 3.45. The zero-order chi connectivity index (χ0) is 20.1. The highest BCUT2D eigenvalue weighted by atomic mass is 19.4. The average Bonchev–Trinajstić information content (AvgIpc) is 3.05. The molecular formula is C20H22F3N3O2. The van der Waals surface area contributed by atoms with Crippen LogP contribution in [0.15, 0.2) is 34.5 Å². The summed E-state index contributed by atoms with van der Waals surface area (Å²) in [5.41, 5.74) is 0.778. The van der Waals surface area contributed by atoms with Crippen LogP contribution in [0.5, 0.6) is 0 Å². The van der Waals surface area contributed by atoms with Crippen molar-refractivity contribution in [1.82, 2.24) is 4.98 Å². The smallest absolute Gasteiger partial charge is 0.385 e. The van der Waals surface area contributed by atoms with E-state index >= 15 is 0 Å². The predicted octanol–water partition coefficient (Wildman–Crippen LogP) is 3.18. The molecule has 1 fully saturated rings. The maximum Gasteiger partial charge on any atom is 0.417 e. The van der Waals surface area contributed by atoms with Gasteiger partial charge in [-0.1, -0.05) is 0 Å². The largest absolute Gasteiger partial charge is 0.417 e. The molecular weight excluding hydrogens is 371 g/mol. The minimum Gasteiger partial charge on any atom is -0.385 e. The van der Waals surface area contributed by atoms with Gasteiger partial charge in [-0.3, -0.25) is 9.79 Å². The van der Waals surface area contributed by atoms with Crippen LogP contribution >= 0.6 is 0 Å². The fraction of sp³-hybridized carbons (Fsp3) is 0.550. The highest BCUT2D eigenvalue weighted by Crippen LogP contribution is 2.40. The molecule has 0 bridgehead atoms. The Balaban J connectivity index is 1.44. The summed E-state index contributed by atoms with van der Waals surface area (Å²) in [7, 11) is 0. The Morgan fingerprint density at radius 3 is 2.57 bits per heavy atom. The van der Waals surface area contributed by atoms with Crippen LogP contribution in [0.25, 0.3) is 0 Å². The molecule has 2 aliphatic heterocycles. The maximum absolute atomic E-state index is 12.7. The number of ketones is 1. The van der Waals surface area contributed by atoms with Gasteiger partial charge in [0.25, 0.3) is 0 Å². The molecule has 3 aliphatic rings. The standard InChI is InChI=1S/C20H22F3N3O2/c1-19(28)9-15(27)8-13-10-25-18(17(13)19)12-4-6-26(7-5-12)16-3-2-14(11-24-16)20(21,22)23/h2-3,11-12,28H,4-10H2,1H3. The van der Waals surface area contributed by atoms with E-state index < -0.39 is 17.3 Å². The third-order valence-corrected chi connectivity index (χ3v) is 5.82. The number of Topliss-reactive ketones (excluding diaryl/α,β-unsaturated/α-hetero) is 1. The van der Waals surface area contributed by atoms with Crippen molar-refractivity contribution in [3.63, 3.8) is 0 Å². The number of piperidine rings is 1. The molecule has 0 aromatic carbocycles. The van der Waals surface area contributed by atoms with Gasteiger partial charge in [-0.15, -0.1) is 0 Å². The van der Waals surface area contributed by atoms with Gasteiger partial charge < -0.3 is 10.0 Å². The van der Waals surface area contributed by atoms with Gasteiger partial charge in [-0.2, -0.15) is 13.2 Å². The molecule has 150 valence electrons. The summed E-state index contributed by atoms with van der Waals surface area (Å²) in [4.78, 5) is 22.5. The molecule has 1 aromatic rings. The number of halogens is 3. The van der Waals surface area contributed by atoms with Gasteiger partial charge in [0.05, 0.1) is 17.7 Å². The molecule has 1 saturated heterocycles. The summed E-state index contributed by atoms with van der Waals surface area (Å²) >= 11 is 0. The molecule has 3 heterocycles. The Morgan fingerprint density at radius 2 is 1.96 bits per heavy atom. The fourth-order valence-corrected chi connectivity index (χ4v) is 4.55. The van der Waals surface area contributed by atoms with Crippen LogP contribution in [-0.4, -0.2) is 46.8 Å². The van der Waals surface area contributed by atoms with Crippen molar-refractivity contribution in [2.75, 3.05) is 24.5 Å². The number of alkyl halides is 3. The molecule has 4 rings (SSSR count). The zero-order valence-corrected chi connectivity index (χ0v) is 15.6. The molecule has 0 saturated carbocycles. The van der Waals surface area contributed by atoms with Crippen molar-refractivity contribution in [2.45, 2.75) is 44.4 Å². The van der Waals surface area contributed by atoms with Gasteiger partial charge in [-0.25, -0.2) is 4.98 Å². The van der Waals surface area contributed by atoms with Crippen LogP contribution in [0.1, 0.15) is 38.2 Å². The molecule has 1 N–H and O–H groups in total. The normalized spacial score (nSPS) is 26.5. The van der Waals surface area contributed by atoms with E-state index in [-0.39, 0.29) is 18.1 Å². The number of aliphatic hydroxyl groups is 1. The van der Waals surface area contributed by atoms with Crippen LogP contribution in [0.4, 0.5) is 19.0 Å². The summed E-state index contributed by atoms with van der Waals surface area (Å²) in [6.45, 7) is 3.48. The number of hydrogen-bond acceptors (Lipinski definition) is 5. The second-order valence-electron chi connectivity index (χ2n) is 8.01. The summed E-state index contributed by atoms with van der Waals surface area (Å²) in [5.74, 6) is 0.760. The monoisotopic (exact) mass is 393 g/mol. The molecule has 1 atom stereocenters. The highest BCUT2D eigenvalue weighted by molar-refractivity contribution is 6.08. The van der Waals surface area contributed by atoms with Crippen molar-refractivity contribution in [3.8, 4) is 0 Å². The lowest BCUT2D eigenvalue weighted by Gasteiger charge is -2.37. The van der Waals surface area contributed by atoms with Gasteiger partial charge in [0, 0.05) is 49.3 Å². The first-order valence-corrected chi connectivity index (χ1v) is 9.44. The molecule has 8 heteroatoms. The highest BCUT2D eigenvalue weighted by Gasteiger charge is 2.43. The SMILES string of the molecule is CC1(O)CC(=O)CC2=C1C(C1CCN(c3ccc(C(F)(F)F)cn3)CC1)=NC2. The number of pyridine rings is 1. The molecule has 0 amide bonds. The summed E-state index contributed by atoms with van der Waals surface area (Å²) in [5, 5.41) is 10.8. The van der Waals surface area contributed by atoms with E-state index in [0.717, 1.165) is 42.0 Å². The Morgan fingerprint density at radius 1 is 1.25 bits per heavy atom. The number of anilines is 1. The second kappa shape index (κ2) is 6.69. The molecule has 5 nitrogen and oxygen atoms in total. The van der Waals surface area contributed by atoms with Gasteiger partial charge in [0.1, 0.15) is 11.6 Å². The summed E-state index contributed by atoms with van der Waals surface area (Å²) in [6.07, 6.45) is -1.46. The molecule has 1 aromatic heterocycles. The van der Waals surface area contributed by atoms with Gasteiger partial charge in [0.15, 0.2) is 0 Å². The number of rotatable bonds is 2. The first kappa shape index (κ1) is 19.1. The topological polar surface area (TPSA) is 65.8 Å². The number of carbonyl (C=O) groups is 1. The van der Waals surface area contributed by atoms with E-state index in [1.165, 1.54) is 6.07 Å². The van der Waals surface area contributed by atoms with Crippen molar-refractivity contribution in [3.05, 3.63) is 35.0 Å². The Bertz CT molecular complexity index is 848. The minimum absolute atomic E-state index is 0.0448. The average molecular weight is 393 g/mol. The minimum atomic E-state index is -4.39. The van der Waals surface area contributed by atoms with Gasteiger partial charge in [0.2, 0.25) is 0 Å². The molecule has 1 aliphatic carbocycles. The van der Waals surface area contributed by atoms with Crippen molar-refractivity contribution < 1.29 is 23.1 Å². The van der Waals surface area contributed by atoms with Crippen LogP contribution in [0, 0.1) is 5.92 Å². The van der Waals surface area contributed by atoms with Gasteiger partial charge >= 0.3 is 6.18 Å².